The highest BCUT2D eigenvalue weighted by Gasteiger charge is 2.19. The third-order valence-corrected chi connectivity index (χ3v) is 3.50. The summed E-state index contributed by atoms with van der Waals surface area (Å²) in [4.78, 5) is 0. The Labute approximate surface area is 122 Å². The van der Waals surface area contributed by atoms with E-state index in [0.29, 0.717) is 0 Å². The van der Waals surface area contributed by atoms with Gasteiger partial charge < -0.3 is 10.5 Å². The van der Waals surface area contributed by atoms with E-state index in [9.17, 15) is 0 Å². The van der Waals surface area contributed by atoms with Crippen LogP contribution in [0.4, 0.5) is 0 Å². The normalized spacial score (nSPS) is 13.9. The molecule has 0 aliphatic rings. The van der Waals surface area contributed by atoms with Crippen LogP contribution < -0.4 is 10.5 Å². The van der Waals surface area contributed by atoms with Crippen molar-refractivity contribution in [2.45, 2.75) is 26.0 Å². The maximum absolute atomic E-state index is 6.10. The molecule has 0 aliphatic carbocycles. The minimum atomic E-state index is -0.154. The van der Waals surface area contributed by atoms with Crippen molar-refractivity contribution in [3.8, 4) is 5.75 Å². The molecule has 0 heterocycles. The zero-order valence-electron chi connectivity index (χ0n) is 11.1. The molecule has 0 saturated heterocycles. The standard InChI is InChI=1S/C16H18BrNO/c1-11-6-3-4-9-15(11)19-16(12(2)18)13-7-5-8-14(17)10-13/h3-10,12,16H,18H2,1-2H3. The van der Waals surface area contributed by atoms with E-state index in [-0.39, 0.29) is 12.1 Å². The fourth-order valence-electron chi connectivity index (χ4n) is 1.99. The van der Waals surface area contributed by atoms with Gasteiger partial charge in [0, 0.05) is 10.5 Å². The molecule has 100 valence electrons. The first-order valence-corrected chi connectivity index (χ1v) is 7.10. The molecule has 3 heteroatoms. The van der Waals surface area contributed by atoms with E-state index in [0.717, 1.165) is 21.3 Å². The Morgan fingerprint density at radius 2 is 1.84 bits per heavy atom. The topological polar surface area (TPSA) is 35.2 Å². The molecule has 0 aliphatic heterocycles. The lowest BCUT2D eigenvalue weighted by Gasteiger charge is -2.24. The van der Waals surface area contributed by atoms with E-state index in [4.69, 9.17) is 10.5 Å². The van der Waals surface area contributed by atoms with Gasteiger partial charge in [-0.3, -0.25) is 0 Å². The Hall–Kier alpha value is -1.32. The Balaban J connectivity index is 2.29. The van der Waals surface area contributed by atoms with E-state index in [1.54, 1.807) is 0 Å². The smallest absolute Gasteiger partial charge is 0.139 e. The summed E-state index contributed by atoms with van der Waals surface area (Å²) in [6.45, 7) is 4.00. The molecule has 0 saturated carbocycles. The number of hydrogen-bond acceptors (Lipinski definition) is 2. The molecule has 2 N–H and O–H groups in total. The first kappa shape index (κ1) is 14.1. The van der Waals surface area contributed by atoms with E-state index < -0.39 is 0 Å². The monoisotopic (exact) mass is 319 g/mol. The average molecular weight is 320 g/mol. The fourth-order valence-corrected chi connectivity index (χ4v) is 2.40. The molecular weight excluding hydrogens is 302 g/mol. The first-order chi connectivity index (χ1) is 9.08. The molecule has 0 amide bonds. The van der Waals surface area contributed by atoms with Gasteiger partial charge in [-0.25, -0.2) is 0 Å². The van der Waals surface area contributed by atoms with Crippen molar-refractivity contribution in [1.29, 1.82) is 0 Å². The van der Waals surface area contributed by atoms with Gasteiger partial charge in [-0.1, -0.05) is 46.3 Å². The van der Waals surface area contributed by atoms with Gasteiger partial charge in [0.2, 0.25) is 0 Å². The van der Waals surface area contributed by atoms with Gasteiger partial charge in [-0.2, -0.15) is 0 Å². The van der Waals surface area contributed by atoms with Crippen LogP contribution in [0.15, 0.2) is 53.0 Å². The van der Waals surface area contributed by atoms with Crippen LogP contribution in [0, 0.1) is 6.92 Å². The predicted octanol–water partition coefficient (Wildman–Crippen LogP) is 4.22. The molecule has 0 bridgehead atoms. The third kappa shape index (κ3) is 3.58. The number of hydrogen-bond donors (Lipinski definition) is 1. The second kappa shape index (κ2) is 6.22. The molecule has 2 nitrogen and oxygen atoms in total. The lowest BCUT2D eigenvalue weighted by Crippen LogP contribution is -2.29. The highest BCUT2D eigenvalue weighted by atomic mass is 79.9. The number of ether oxygens (including phenoxy) is 1. The molecule has 0 aromatic heterocycles. The Morgan fingerprint density at radius 3 is 2.47 bits per heavy atom. The zero-order chi connectivity index (χ0) is 13.8. The SMILES string of the molecule is Cc1ccccc1OC(c1cccc(Br)c1)C(C)N. The number of aryl methyl sites for hydroxylation is 1. The van der Waals surface area contributed by atoms with Crippen molar-refractivity contribution < 1.29 is 4.74 Å². The number of rotatable bonds is 4. The van der Waals surface area contributed by atoms with E-state index in [1.807, 2.05) is 62.4 Å². The first-order valence-electron chi connectivity index (χ1n) is 6.31. The molecule has 2 atom stereocenters. The Bertz CT molecular complexity index is 554. The van der Waals surface area contributed by atoms with E-state index >= 15 is 0 Å². The second-order valence-electron chi connectivity index (χ2n) is 4.72. The van der Waals surface area contributed by atoms with E-state index in [2.05, 4.69) is 15.9 Å². The van der Waals surface area contributed by atoms with Crippen LogP contribution in [0.3, 0.4) is 0 Å². The van der Waals surface area contributed by atoms with Crippen molar-refractivity contribution in [1.82, 2.24) is 0 Å². The quantitative estimate of drug-likeness (QED) is 0.915. The zero-order valence-corrected chi connectivity index (χ0v) is 12.7. The summed E-state index contributed by atoms with van der Waals surface area (Å²) in [6.07, 6.45) is -0.154. The van der Waals surface area contributed by atoms with Crippen LogP contribution in [0.1, 0.15) is 24.2 Å². The third-order valence-electron chi connectivity index (χ3n) is 3.00. The van der Waals surface area contributed by atoms with E-state index in [1.165, 1.54) is 0 Å². The van der Waals surface area contributed by atoms with Crippen molar-refractivity contribution in [2.75, 3.05) is 0 Å². The largest absolute Gasteiger partial charge is 0.484 e. The summed E-state index contributed by atoms with van der Waals surface area (Å²) in [5, 5.41) is 0. The summed E-state index contributed by atoms with van der Waals surface area (Å²) < 4.78 is 7.13. The summed E-state index contributed by atoms with van der Waals surface area (Å²) in [7, 11) is 0. The maximum atomic E-state index is 6.10. The van der Waals surface area contributed by atoms with Crippen LogP contribution in [0.2, 0.25) is 0 Å². The number of para-hydroxylation sites is 1. The number of halogens is 1. The minimum absolute atomic E-state index is 0.0890. The highest BCUT2D eigenvalue weighted by Crippen LogP contribution is 2.28. The molecule has 2 unspecified atom stereocenters. The fraction of sp³-hybridized carbons (Fsp3) is 0.250. The van der Waals surface area contributed by atoms with Crippen molar-refractivity contribution in [2.24, 2.45) is 5.73 Å². The predicted molar refractivity (Wildman–Crippen MR) is 82.3 cm³/mol. The molecule has 0 radical (unpaired) electrons. The summed E-state index contributed by atoms with van der Waals surface area (Å²) in [5.74, 6) is 0.879. The van der Waals surface area contributed by atoms with Gasteiger partial charge >= 0.3 is 0 Å². The van der Waals surface area contributed by atoms with Gasteiger partial charge in [0.15, 0.2) is 0 Å². The van der Waals surface area contributed by atoms with Crippen molar-refractivity contribution >= 4 is 15.9 Å². The van der Waals surface area contributed by atoms with Gasteiger partial charge in [0.25, 0.3) is 0 Å². The van der Waals surface area contributed by atoms with Gasteiger partial charge in [0.05, 0.1) is 0 Å². The van der Waals surface area contributed by atoms with Crippen molar-refractivity contribution in [3.63, 3.8) is 0 Å². The summed E-state index contributed by atoms with van der Waals surface area (Å²) >= 11 is 3.48. The molecule has 19 heavy (non-hydrogen) atoms. The van der Waals surface area contributed by atoms with Crippen LogP contribution in [0.25, 0.3) is 0 Å². The minimum Gasteiger partial charge on any atom is -0.484 e. The molecule has 2 aromatic rings. The van der Waals surface area contributed by atoms with Crippen LogP contribution in [0.5, 0.6) is 5.75 Å². The van der Waals surface area contributed by atoms with Crippen molar-refractivity contribution in [3.05, 3.63) is 64.1 Å². The number of nitrogens with two attached hydrogens (primary N) is 1. The van der Waals surface area contributed by atoms with Gasteiger partial charge in [-0.15, -0.1) is 0 Å². The lowest BCUT2D eigenvalue weighted by molar-refractivity contribution is 0.179. The maximum Gasteiger partial charge on any atom is 0.139 e. The Kier molecular flexibility index (Phi) is 4.61. The van der Waals surface area contributed by atoms with Crippen LogP contribution in [-0.2, 0) is 0 Å². The Morgan fingerprint density at radius 1 is 1.11 bits per heavy atom. The van der Waals surface area contributed by atoms with Crippen LogP contribution >= 0.6 is 15.9 Å². The lowest BCUT2D eigenvalue weighted by atomic mass is 10.0. The second-order valence-corrected chi connectivity index (χ2v) is 5.63. The molecule has 2 aromatic carbocycles. The summed E-state index contributed by atoms with van der Waals surface area (Å²) in [6, 6.07) is 16.0. The molecular formula is C16H18BrNO. The molecule has 2 rings (SSSR count). The summed E-state index contributed by atoms with van der Waals surface area (Å²) in [5.41, 5.74) is 8.27. The van der Waals surface area contributed by atoms with Gasteiger partial charge in [-0.05, 0) is 43.2 Å². The molecule has 0 spiro atoms. The van der Waals surface area contributed by atoms with Gasteiger partial charge in [0.1, 0.15) is 11.9 Å². The number of benzene rings is 2. The molecule has 0 fully saturated rings. The van der Waals surface area contributed by atoms with Crippen LogP contribution in [-0.4, -0.2) is 6.04 Å². The highest BCUT2D eigenvalue weighted by molar-refractivity contribution is 9.10. The average Bonchev–Trinajstić information content (AvgIpc) is 2.37.